The molecule has 0 aliphatic rings. The van der Waals surface area contributed by atoms with Crippen molar-refractivity contribution < 1.29 is 9.53 Å². The maximum atomic E-state index is 13.3. The lowest BCUT2D eigenvalue weighted by atomic mass is 10.1. The molecule has 0 fully saturated rings. The zero-order chi connectivity index (χ0) is 21.8. The number of aromatic nitrogens is 2. The van der Waals surface area contributed by atoms with E-state index in [0.29, 0.717) is 18.0 Å². The highest BCUT2D eigenvalue weighted by atomic mass is 16.5. The second-order valence-corrected chi connectivity index (χ2v) is 7.49. The second-order valence-electron chi connectivity index (χ2n) is 7.49. The van der Waals surface area contributed by atoms with Crippen LogP contribution in [0.2, 0.25) is 0 Å². The van der Waals surface area contributed by atoms with Crippen LogP contribution in [0.5, 0.6) is 5.75 Å². The minimum atomic E-state index is -0.550. The number of ether oxygens (including phenoxy) is 1. The van der Waals surface area contributed by atoms with Gasteiger partial charge in [0.05, 0.1) is 30.4 Å². The quantitative estimate of drug-likeness (QED) is 0.472. The van der Waals surface area contributed by atoms with Crippen LogP contribution in [0.3, 0.4) is 0 Å². The molecule has 1 heterocycles. The molecule has 0 aliphatic heterocycles. The van der Waals surface area contributed by atoms with Crippen molar-refractivity contribution in [3.63, 3.8) is 0 Å². The summed E-state index contributed by atoms with van der Waals surface area (Å²) in [5.41, 5.74) is 4.57. The lowest BCUT2D eigenvalue weighted by Gasteiger charge is -2.20. The average Bonchev–Trinajstić information content (AvgIpc) is 3.10. The molecule has 0 saturated carbocycles. The van der Waals surface area contributed by atoms with Crippen molar-refractivity contribution >= 4 is 22.6 Å². The number of benzene rings is 3. The van der Waals surface area contributed by atoms with E-state index in [1.807, 2.05) is 91.3 Å². The van der Waals surface area contributed by atoms with Gasteiger partial charge >= 0.3 is 0 Å². The number of hydrogen-bond acceptors (Lipinski definition) is 4. The predicted octanol–water partition coefficient (Wildman–Crippen LogP) is 4.36. The van der Waals surface area contributed by atoms with Crippen molar-refractivity contribution in [2.24, 2.45) is 7.05 Å². The van der Waals surface area contributed by atoms with Gasteiger partial charge in [-0.2, -0.15) is 0 Å². The van der Waals surface area contributed by atoms with Crippen molar-refractivity contribution in [2.45, 2.75) is 19.5 Å². The first-order valence-corrected chi connectivity index (χ1v) is 10.2. The van der Waals surface area contributed by atoms with E-state index in [0.717, 1.165) is 28.0 Å². The minimum absolute atomic E-state index is 0.158. The summed E-state index contributed by atoms with van der Waals surface area (Å²) in [7, 11) is 3.58. The van der Waals surface area contributed by atoms with E-state index in [1.165, 1.54) is 0 Å². The summed E-state index contributed by atoms with van der Waals surface area (Å²) >= 11 is 0. The maximum absolute atomic E-state index is 13.3. The molecule has 158 valence electrons. The Hall–Kier alpha value is -3.64. The third-order valence-corrected chi connectivity index (χ3v) is 5.35. The Balaban J connectivity index is 1.59. The molecule has 1 aromatic heterocycles. The van der Waals surface area contributed by atoms with Crippen molar-refractivity contribution in [2.75, 3.05) is 12.4 Å². The van der Waals surface area contributed by atoms with E-state index >= 15 is 0 Å². The number of anilines is 1. The molecule has 1 atom stereocenters. The highest BCUT2D eigenvalue weighted by Crippen LogP contribution is 2.27. The van der Waals surface area contributed by atoms with Crippen LogP contribution in [0, 0.1) is 6.92 Å². The van der Waals surface area contributed by atoms with Gasteiger partial charge in [-0.15, -0.1) is 0 Å². The number of carbonyl (C=O) groups excluding carboxylic acids is 1. The van der Waals surface area contributed by atoms with Gasteiger partial charge in [0.2, 0.25) is 5.91 Å². The zero-order valence-corrected chi connectivity index (χ0v) is 17.9. The SMILES string of the molecule is COc1ccc(C)cc1NC(=O)C(NCc1nc2ccccc2n1C)c1ccccc1. The maximum Gasteiger partial charge on any atom is 0.246 e. The first-order valence-electron chi connectivity index (χ1n) is 10.2. The Morgan fingerprint density at radius 3 is 2.55 bits per heavy atom. The Kier molecular flexibility index (Phi) is 6.00. The fraction of sp³-hybridized carbons (Fsp3) is 0.200. The third-order valence-electron chi connectivity index (χ3n) is 5.35. The van der Waals surface area contributed by atoms with Crippen LogP contribution >= 0.6 is 0 Å². The molecule has 6 nitrogen and oxygen atoms in total. The molecular formula is C25H26N4O2. The molecule has 31 heavy (non-hydrogen) atoms. The van der Waals surface area contributed by atoms with E-state index < -0.39 is 6.04 Å². The van der Waals surface area contributed by atoms with Gasteiger partial charge in [0.15, 0.2) is 0 Å². The number of nitrogens with zero attached hydrogens (tertiary/aromatic N) is 2. The molecule has 6 heteroatoms. The molecule has 1 unspecified atom stereocenters. The van der Waals surface area contributed by atoms with Crippen LogP contribution in [-0.2, 0) is 18.4 Å². The van der Waals surface area contributed by atoms with E-state index in [1.54, 1.807) is 7.11 Å². The number of aryl methyl sites for hydroxylation is 2. The standard InChI is InChI=1S/C25H26N4O2/c1-17-13-14-22(31-3)20(15-17)28-25(30)24(18-9-5-4-6-10-18)26-16-23-27-19-11-7-8-12-21(19)29(23)2/h4-15,24,26H,16H2,1-3H3,(H,28,30). The van der Waals surface area contributed by atoms with Crippen molar-refractivity contribution in [1.82, 2.24) is 14.9 Å². The Bertz CT molecular complexity index is 1200. The number of methoxy groups -OCH3 is 1. The third kappa shape index (κ3) is 4.44. The van der Waals surface area contributed by atoms with Crippen LogP contribution in [0.4, 0.5) is 5.69 Å². The Labute approximate surface area is 181 Å². The Morgan fingerprint density at radius 2 is 1.81 bits per heavy atom. The van der Waals surface area contributed by atoms with Crippen molar-refractivity contribution in [3.05, 3.63) is 89.7 Å². The highest BCUT2D eigenvalue weighted by Gasteiger charge is 2.22. The van der Waals surface area contributed by atoms with Gasteiger partial charge < -0.3 is 14.6 Å². The van der Waals surface area contributed by atoms with Crippen LogP contribution < -0.4 is 15.4 Å². The van der Waals surface area contributed by atoms with Crippen LogP contribution in [0.15, 0.2) is 72.8 Å². The van der Waals surface area contributed by atoms with Gasteiger partial charge in [-0.3, -0.25) is 10.1 Å². The first-order chi connectivity index (χ1) is 15.1. The summed E-state index contributed by atoms with van der Waals surface area (Å²) < 4.78 is 7.46. The fourth-order valence-electron chi connectivity index (χ4n) is 3.68. The predicted molar refractivity (Wildman–Crippen MR) is 123 cm³/mol. The summed E-state index contributed by atoms with van der Waals surface area (Å²) in [5, 5.41) is 6.41. The number of hydrogen-bond donors (Lipinski definition) is 2. The van der Waals surface area contributed by atoms with Gasteiger partial charge in [-0.25, -0.2) is 4.98 Å². The zero-order valence-electron chi connectivity index (χ0n) is 17.9. The monoisotopic (exact) mass is 414 g/mol. The van der Waals surface area contributed by atoms with Crippen molar-refractivity contribution in [1.29, 1.82) is 0 Å². The number of rotatable bonds is 7. The molecule has 0 bridgehead atoms. The van der Waals surface area contributed by atoms with Gasteiger partial charge in [-0.05, 0) is 42.3 Å². The lowest BCUT2D eigenvalue weighted by Crippen LogP contribution is -2.33. The fourth-order valence-corrected chi connectivity index (χ4v) is 3.68. The summed E-state index contributed by atoms with van der Waals surface area (Å²) in [5.74, 6) is 1.33. The Morgan fingerprint density at radius 1 is 1.06 bits per heavy atom. The average molecular weight is 415 g/mol. The molecule has 0 aliphatic carbocycles. The lowest BCUT2D eigenvalue weighted by molar-refractivity contribution is -0.118. The summed E-state index contributed by atoms with van der Waals surface area (Å²) in [6.07, 6.45) is 0. The molecule has 4 rings (SSSR count). The van der Waals surface area contributed by atoms with E-state index in [-0.39, 0.29) is 5.91 Å². The van der Waals surface area contributed by atoms with E-state index in [9.17, 15) is 4.79 Å². The molecule has 0 radical (unpaired) electrons. The van der Waals surface area contributed by atoms with Gasteiger partial charge in [-0.1, -0.05) is 48.5 Å². The van der Waals surface area contributed by atoms with Crippen LogP contribution in [-0.4, -0.2) is 22.6 Å². The second kappa shape index (κ2) is 9.02. The number of imidazole rings is 1. The smallest absolute Gasteiger partial charge is 0.246 e. The highest BCUT2D eigenvalue weighted by molar-refractivity contribution is 5.96. The summed E-state index contributed by atoms with van der Waals surface area (Å²) in [6, 6.07) is 22.9. The number of amides is 1. The number of carbonyl (C=O) groups is 1. The van der Waals surface area contributed by atoms with E-state index in [2.05, 4.69) is 10.6 Å². The van der Waals surface area contributed by atoms with Crippen LogP contribution in [0.25, 0.3) is 11.0 Å². The number of nitrogens with one attached hydrogen (secondary N) is 2. The molecule has 2 N–H and O–H groups in total. The van der Waals surface area contributed by atoms with Gasteiger partial charge in [0.25, 0.3) is 0 Å². The summed E-state index contributed by atoms with van der Waals surface area (Å²) in [4.78, 5) is 18.0. The normalized spacial score (nSPS) is 12.0. The van der Waals surface area contributed by atoms with Crippen molar-refractivity contribution in [3.8, 4) is 5.75 Å². The van der Waals surface area contributed by atoms with Gasteiger partial charge in [0, 0.05) is 7.05 Å². The number of fused-ring (bicyclic) bond motifs is 1. The summed E-state index contributed by atoms with van der Waals surface area (Å²) in [6.45, 7) is 2.43. The van der Waals surface area contributed by atoms with E-state index in [4.69, 9.17) is 9.72 Å². The van der Waals surface area contributed by atoms with Gasteiger partial charge in [0.1, 0.15) is 17.6 Å². The largest absolute Gasteiger partial charge is 0.495 e. The molecule has 0 saturated heterocycles. The molecule has 0 spiro atoms. The molecule has 4 aromatic rings. The first kappa shape index (κ1) is 20.6. The molecule has 1 amide bonds. The topological polar surface area (TPSA) is 68.2 Å². The number of para-hydroxylation sites is 2. The molecule has 3 aromatic carbocycles. The van der Waals surface area contributed by atoms with Crippen LogP contribution in [0.1, 0.15) is 23.0 Å². The minimum Gasteiger partial charge on any atom is -0.495 e. The molecular weight excluding hydrogens is 388 g/mol.